The SMILES string of the molecule is Cn1cc([C@H](NC(=O)c2cc(CO)ccn2)C2CC(O)C2)cn1. The summed E-state index contributed by atoms with van der Waals surface area (Å²) in [6.07, 6.45) is 6.12. The number of aromatic nitrogens is 3. The molecule has 0 aromatic carbocycles. The Hall–Kier alpha value is -2.25. The van der Waals surface area contributed by atoms with E-state index in [1.807, 2.05) is 13.2 Å². The van der Waals surface area contributed by atoms with Gasteiger partial charge in [-0.05, 0) is 36.5 Å². The van der Waals surface area contributed by atoms with Crippen LogP contribution in [0.1, 0.15) is 40.5 Å². The van der Waals surface area contributed by atoms with Crippen molar-refractivity contribution in [3.8, 4) is 0 Å². The molecule has 0 radical (unpaired) electrons. The summed E-state index contributed by atoms with van der Waals surface area (Å²) >= 11 is 0. The Morgan fingerprint density at radius 2 is 2.30 bits per heavy atom. The first-order valence-electron chi connectivity index (χ1n) is 7.60. The van der Waals surface area contributed by atoms with Gasteiger partial charge in [-0.3, -0.25) is 14.5 Å². The first-order chi connectivity index (χ1) is 11.1. The summed E-state index contributed by atoms with van der Waals surface area (Å²) in [5.74, 6) is -0.116. The van der Waals surface area contributed by atoms with Crippen molar-refractivity contribution < 1.29 is 15.0 Å². The molecule has 23 heavy (non-hydrogen) atoms. The van der Waals surface area contributed by atoms with E-state index >= 15 is 0 Å². The van der Waals surface area contributed by atoms with Gasteiger partial charge in [0.2, 0.25) is 0 Å². The third-order valence-electron chi connectivity index (χ3n) is 4.23. The van der Waals surface area contributed by atoms with Gasteiger partial charge in [0, 0.05) is 25.0 Å². The molecule has 1 saturated carbocycles. The van der Waals surface area contributed by atoms with E-state index in [1.54, 1.807) is 23.0 Å². The van der Waals surface area contributed by atoms with Crippen molar-refractivity contribution in [1.82, 2.24) is 20.1 Å². The summed E-state index contributed by atoms with van der Waals surface area (Å²) in [6, 6.07) is 3.03. The van der Waals surface area contributed by atoms with Gasteiger partial charge in [0.05, 0.1) is 24.9 Å². The number of aliphatic hydroxyl groups excluding tert-OH is 2. The Balaban J connectivity index is 1.78. The molecular weight excluding hydrogens is 296 g/mol. The van der Waals surface area contributed by atoms with Gasteiger partial charge in [-0.2, -0.15) is 5.10 Å². The second-order valence-corrected chi connectivity index (χ2v) is 5.99. The van der Waals surface area contributed by atoms with E-state index in [0.717, 1.165) is 5.56 Å². The highest BCUT2D eigenvalue weighted by atomic mass is 16.3. The second-order valence-electron chi connectivity index (χ2n) is 5.99. The van der Waals surface area contributed by atoms with Crippen LogP contribution < -0.4 is 5.32 Å². The number of carbonyl (C=O) groups is 1. The van der Waals surface area contributed by atoms with Crippen LogP contribution in [0.4, 0.5) is 0 Å². The van der Waals surface area contributed by atoms with Gasteiger partial charge in [-0.1, -0.05) is 0 Å². The quantitative estimate of drug-likeness (QED) is 0.748. The predicted octanol–water partition coefficient (Wildman–Crippen LogP) is 0.549. The van der Waals surface area contributed by atoms with Crippen LogP contribution in [-0.2, 0) is 13.7 Å². The molecule has 0 bridgehead atoms. The largest absolute Gasteiger partial charge is 0.393 e. The average Bonchev–Trinajstić information content (AvgIpc) is 2.96. The number of carbonyl (C=O) groups excluding carboxylic acids is 1. The number of nitrogens with one attached hydrogen (secondary N) is 1. The number of hydrogen-bond donors (Lipinski definition) is 3. The fraction of sp³-hybridized carbons (Fsp3) is 0.438. The highest BCUT2D eigenvalue weighted by Gasteiger charge is 2.36. The van der Waals surface area contributed by atoms with E-state index in [9.17, 15) is 15.0 Å². The van der Waals surface area contributed by atoms with E-state index < -0.39 is 0 Å². The number of rotatable bonds is 5. The lowest BCUT2D eigenvalue weighted by Crippen LogP contribution is -2.41. The molecule has 0 spiro atoms. The maximum Gasteiger partial charge on any atom is 0.270 e. The van der Waals surface area contributed by atoms with Crippen molar-refractivity contribution in [3.05, 3.63) is 47.5 Å². The molecule has 2 aromatic rings. The second kappa shape index (κ2) is 6.47. The molecule has 1 fully saturated rings. The number of aliphatic hydroxyl groups is 2. The zero-order valence-corrected chi connectivity index (χ0v) is 12.9. The summed E-state index contributed by atoms with van der Waals surface area (Å²) in [5, 5.41) is 25.9. The van der Waals surface area contributed by atoms with Crippen LogP contribution in [-0.4, -0.2) is 37.0 Å². The summed E-state index contributed by atoms with van der Waals surface area (Å²) in [4.78, 5) is 16.5. The maximum atomic E-state index is 12.5. The summed E-state index contributed by atoms with van der Waals surface area (Å²) in [5.41, 5.74) is 1.82. The standard InChI is InChI=1S/C16H20N4O3/c1-20-8-12(7-18-20)15(11-5-13(22)6-11)19-16(23)14-4-10(9-21)2-3-17-14/h2-4,7-8,11,13,15,21-22H,5-6,9H2,1H3,(H,19,23)/t11?,13?,15-/m1/s1. The number of aryl methyl sites for hydroxylation is 1. The van der Waals surface area contributed by atoms with Crippen molar-refractivity contribution in [2.75, 3.05) is 0 Å². The monoisotopic (exact) mass is 316 g/mol. The summed E-state index contributed by atoms with van der Waals surface area (Å²) < 4.78 is 1.69. The molecule has 2 aromatic heterocycles. The highest BCUT2D eigenvalue weighted by molar-refractivity contribution is 5.92. The average molecular weight is 316 g/mol. The fourth-order valence-electron chi connectivity index (χ4n) is 2.89. The van der Waals surface area contributed by atoms with E-state index in [-0.39, 0.29) is 36.3 Å². The first-order valence-corrected chi connectivity index (χ1v) is 7.60. The van der Waals surface area contributed by atoms with Gasteiger partial charge in [0.15, 0.2) is 0 Å². The van der Waals surface area contributed by atoms with Gasteiger partial charge < -0.3 is 15.5 Å². The van der Waals surface area contributed by atoms with Crippen LogP contribution in [0, 0.1) is 5.92 Å². The van der Waals surface area contributed by atoms with Crippen LogP contribution in [0.3, 0.4) is 0 Å². The molecule has 0 saturated heterocycles. The Labute approximate surface area is 134 Å². The van der Waals surface area contributed by atoms with Crippen LogP contribution in [0.25, 0.3) is 0 Å². The van der Waals surface area contributed by atoms with Gasteiger partial charge in [-0.15, -0.1) is 0 Å². The molecule has 3 N–H and O–H groups in total. The molecule has 122 valence electrons. The molecule has 1 aliphatic rings. The normalized spacial score (nSPS) is 21.5. The summed E-state index contributed by atoms with van der Waals surface area (Å²) in [6.45, 7) is -0.135. The highest BCUT2D eigenvalue weighted by Crippen LogP contribution is 2.38. The molecule has 7 nitrogen and oxygen atoms in total. The molecule has 1 amide bonds. The van der Waals surface area contributed by atoms with Crippen molar-refractivity contribution in [2.45, 2.75) is 31.6 Å². The number of pyridine rings is 1. The maximum absolute atomic E-state index is 12.5. The third kappa shape index (κ3) is 3.40. The number of hydrogen-bond acceptors (Lipinski definition) is 5. The Bertz CT molecular complexity index is 694. The fourth-order valence-corrected chi connectivity index (χ4v) is 2.89. The lowest BCUT2D eigenvalue weighted by atomic mass is 9.75. The molecule has 3 rings (SSSR count). The van der Waals surface area contributed by atoms with Crippen LogP contribution in [0.15, 0.2) is 30.7 Å². The lowest BCUT2D eigenvalue weighted by Gasteiger charge is -2.37. The van der Waals surface area contributed by atoms with Crippen molar-refractivity contribution in [1.29, 1.82) is 0 Å². The Morgan fingerprint density at radius 3 is 2.91 bits per heavy atom. The van der Waals surface area contributed by atoms with Crippen molar-refractivity contribution >= 4 is 5.91 Å². The third-order valence-corrected chi connectivity index (χ3v) is 4.23. The van der Waals surface area contributed by atoms with Gasteiger partial charge >= 0.3 is 0 Å². The zero-order chi connectivity index (χ0) is 16.4. The van der Waals surface area contributed by atoms with Gasteiger partial charge in [0.25, 0.3) is 5.91 Å². The smallest absolute Gasteiger partial charge is 0.270 e. The minimum Gasteiger partial charge on any atom is -0.393 e. The van der Waals surface area contributed by atoms with Crippen molar-refractivity contribution in [3.63, 3.8) is 0 Å². The summed E-state index contributed by atoms with van der Waals surface area (Å²) in [7, 11) is 1.82. The Morgan fingerprint density at radius 1 is 1.52 bits per heavy atom. The minimum absolute atomic E-state index is 0.135. The molecule has 1 aliphatic carbocycles. The lowest BCUT2D eigenvalue weighted by molar-refractivity contribution is 0.0234. The van der Waals surface area contributed by atoms with E-state index in [2.05, 4.69) is 15.4 Å². The molecule has 7 heteroatoms. The van der Waals surface area contributed by atoms with Crippen LogP contribution >= 0.6 is 0 Å². The number of amides is 1. The van der Waals surface area contributed by atoms with E-state index in [1.165, 1.54) is 6.20 Å². The van der Waals surface area contributed by atoms with Crippen LogP contribution in [0.5, 0.6) is 0 Å². The first kappa shape index (κ1) is 15.6. The molecule has 2 heterocycles. The predicted molar refractivity (Wildman–Crippen MR) is 82.3 cm³/mol. The minimum atomic E-state index is -0.299. The zero-order valence-electron chi connectivity index (χ0n) is 12.9. The molecule has 1 atom stereocenters. The van der Waals surface area contributed by atoms with Crippen molar-refractivity contribution in [2.24, 2.45) is 13.0 Å². The van der Waals surface area contributed by atoms with E-state index in [4.69, 9.17) is 0 Å². The number of nitrogens with zero attached hydrogens (tertiary/aromatic N) is 3. The molecule has 0 unspecified atom stereocenters. The van der Waals surface area contributed by atoms with Gasteiger partial charge in [-0.25, -0.2) is 0 Å². The Kier molecular flexibility index (Phi) is 4.40. The van der Waals surface area contributed by atoms with Gasteiger partial charge in [0.1, 0.15) is 5.69 Å². The molecule has 0 aliphatic heterocycles. The molecular formula is C16H20N4O3. The van der Waals surface area contributed by atoms with E-state index in [0.29, 0.717) is 18.4 Å². The topological polar surface area (TPSA) is 100 Å². The van der Waals surface area contributed by atoms with Crippen LogP contribution in [0.2, 0.25) is 0 Å².